The molecule has 0 radical (unpaired) electrons. The number of fused-ring (bicyclic) bond motifs is 1. The number of unbranched alkanes of at least 4 members (excludes halogenated alkanes) is 4. The number of aromatic nitrogens is 2. The highest BCUT2D eigenvalue weighted by atomic mass is 19.1. The first-order valence-corrected chi connectivity index (χ1v) is 12.7. The van der Waals surface area contributed by atoms with Crippen molar-refractivity contribution in [2.24, 2.45) is 0 Å². The zero-order valence-corrected chi connectivity index (χ0v) is 20.7. The molecule has 1 aromatic heterocycles. The van der Waals surface area contributed by atoms with Crippen molar-refractivity contribution in [1.82, 2.24) is 9.97 Å². The molecule has 0 saturated carbocycles. The number of carbonyl (C=O) groups is 1. The molecule has 0 unspecified atom stereocenters. The molecule has 0 amide bonds. The number of anilines is 2. The zero-order valence-electron chi connectivity index (χ0n) is 20.7. The summed E-state index contributed by atoms with van der Waals surface area (Å²) >= 11 is 0. The van der Waals surface area contributed by atoms with Crippen LogP contribution in [0.5, 0.6) is 0 Å². The summed E-state index contributed by atoms with van der Waals surface area (Å²) < 4.78 is 18.8. The maximum absolute atomic E-state index is 13.3. The molecule has 0 N–H and O–H groups in total. The number of hydrogen-bond acceptors (Lipinski definition) is 7. The van der Waals surface area contributed by atoms with E-state index in [1.807, 2.05) is 24.3 Å². The molecule has 4 rings (SSSR count). The Morgan fingerprint density at radius 1 is 0.972 bits per heavy atom. The average molecular weight is 490 g/mol. The molecule has 1 saturated heterocycles. The molecule has 3 aromatic rings. The maximum atomic E-state index is 13.3. The van der Waals surface area contributed by atoms with Crippen LogP contribution in [0.1, 0.15) is 50.6 Å². The molecule has 2 aromatic carbocycles. The van der Waals surface area contributed by atoms with Crippen LogP contribution in [0, 0.1) is 17.1 Å². The summed E-state index contributed by atoms with van der Waals surface area (Å²) in [6.07, 6.45) is 5.21. The highest BCUT2D eigenvalue weighted by Gasteiger charge is 2.31. The van der Waals surface area contributed by atoms with E-state index >= 15 is 0 Å². The van der Waals surface area contributed by atoms with Crippen molar-refractivity contribution in [3.05, 3.63) is 60.0 Å². The van der Waals surface area contributed by atoms with Crippen LogP contribution >= 0.6 is 0 Å². The molecule has 188 valence electrons. The smallest absolute Gasteiger partial charge is 0.329 e. The van der Waals surface area contributed by atoms with Crippen LogP contribution in [0.25, 0.3) is 11.0 Å². The first-order chi connectivity index (χ1) is 17.6. The number of esters is 1. The normalized spacial score (nSPS) is 14.5. The Hall–Kier alpha value is -3.73. The van der Waals surface area contributed by atoms with E-state index in [4.69, 9.17) is 14.7 Å². The van der Waals surface area contributed by atoms with Crippen LogP contribution in [0.15, 0.2) is 48.5 Å². The first-order valence-electron chi connectivity index (χ1n) is 12.7. The predicted molar refractivity (Wildman–Crippen MR) is 138 cm³/mol. The van der Waals surface area contributed by atoms with Gasteiger partial charge in [0, 0.05) is 31.9 Å². The Morgan fingerprint density at radius 2 is 1.61 bits per heavy atom. The van der Waals surface area contributed by atoms with Gasteiger partial charge < -0.3 is 14.5 Å². The molecule has 7 nitrogen and oxygen atoms in total. The van der Waals surface area contributed by atoms with E-state index in [2.05, 4.69) is 22.8 Å². The van der Waals surface area contributed by atoms with Crippen molar-refractivity contribution in [1.29, 1.82) is 5.26 Å². The summed E-state index contributed by atoms with van der Waals surface area (Å²) in [5.41, 5.74) is 2.63. The van der Waals surface area contributed by atoms with Crippen molar-refractivity contribution in [3.8, 4) is 6.07 Å². The van der Waals surface area contributed by atoms with Gasteiger partial charge in [-0.2, -0.15) is 5.26 Å². The number of ether oxygens (including phenoxy) is 1. The van der Waals surface area contributed by atoms with Crippen molar-refractivity contribution in [2.75, 3.05) is 42.6 Å². The minimum absolute atomic E-state index is 0.260. The van der Waals surface area contributed by atoms with Crippen LogP contribution < -0.4 is 9.80 Å². The van der Waals surface area contributed by atoms with Crippen LogP contribution in [-0.4, -0.2) is 48.7 Å². The van der Waals surface area contributed by atoms with Gasteiger partial charge in [0.1, 0.15) is 11.5 Å². The van der Waals surface area contributed by atoms with Gasteiger partial charge in [0.05, 0.1) is 23.7 Å². The molecule has 0 bridgehead atoms. The second-order valence-electron chi connectivity index (χ2n) is 9.02. The third kappa shape index (κ3) is 6.09. The third-order valence-electron chi connectivity index (χ3n) is 6.48. The number of piperazine rings is 1. The number of rotatable bonds is 10. The van der Waals surface area contributed by atoms with Crippen LogP contribution in [0.4, 0.5) is 15.9 Å². The number of para-hydroxylation sites is 2. The number of nitrogens with zero attached hydrogens (tertiary/aromatic N) is 5. The predicted octanol–water partition coefficient (Wildman–Crippen LogP) is 5.22. The summed E-state index contributed by atoms with van der Waals surface area (Å²) in [6.45, 7) is 5.10. The molecule has 36 heavy (non-hydrogen) atoms. The van der Waals surface area contributed by atoms with Crippen LogP contribution in [-0.2, 0) is 9.53 Å². The SMILES string of the molecule is CCCCCCCOC(=O)[C@@H](C#N)c1nc2ccccc2nc1N1CCN(c2ccc(F)cc2)CC1. The molecule has 1 atom stereocenters. The molecular formula is C28H32FN5O2. The van der Waals surface area contributed by atoms with Crippen LogP contribution in [0.2, 0.25) is 0 Å². The van der Waals surface area contributed by atoms with Crippen molar-refractivity contribution in [3.63, 3.8) is 0 Å². The van der Waals surface area contributed by atoms with Crippen molar-refractivity contribution in [2.45, 2.75) is 44.9 Å². The lowest BCUT2D eigenvalue weighted by atomic mass is 10.1. The summed E-state index contributed by atoms with van der Waals surface area (Å²) in [5.74, 6) is -1.45. The number of carbonyl (C=O) groups excluding carboxylic acids is 1. The fourth-order valence-corrected chi connectivity index (χ4v) is 4.45. The lowest BCUT2D eigenvalue weighted by Crippen LogP contribution is -2.47. The molecular weight excluding hydrogens is 457 g/mol. The topological polar surface area (TPSA) is 82.3 Å². The van der Waals surface area contributed by atoms with E-state index in [0.717, 1.165) is 31.4 Å². The van der Waals surface area contributed by atoms with E-state index in [-0.39, 0.29) is 5.82 Å². The molecule has 8 heteroatoms. The molecule has 2 heterocycles. The zero-order chi connectivity index (χ0) is 25.3. The van der Waals surface area contributed by atoms with Gasteiger partial charge in [-0.05, 0) is 42.8 Å². The van der Waals surface area contributed by atoms with Crippen LogP contribution in [0.3, 0.4) is 0 Å². The Bertz CT molecular complexity index is 1200. The van der Waals surface area contributed by atoms with Gasteiger partial charge in [-0.15, -0.1) is 0 Å². The van der Waals surface area contributed by atoms with E-state index in [0.29, 0.717) is 55.3 Å². The minimum atomic E-state index is -1.15. The van der Waals surface area contributed by atoms with Crippen molar-refractivity contribution >= 4 is 28.5 Å². The average Bonchev–Trinajstić information content (AvgIpc) is 2.91. The van der Waals surface area contributed by atoms with E-state index < -0.39 is 11.9 Å². The number of hydrogen-bond donors (Lipinski definition) is 0. The Morgan fingerprint density at radius 3 is 2.28 bits per heavy atom. The second-order valence-corrected chi connectivity index (χ2v) is 9.02. The van der Waals surface area contributed by atoms with E-state index in [1.54, 1.807) is 12.1 Å². The van der Waals surface area contributed by atoms with Gasteiger partial charge in [0.2, 0.25) is 0 Å². The van der Waals surface area contributed by atoms with E-state index in [1.165, 1.54) is 18.6 Å². The highest BCUT2D eigenvalue weighted by Crippen LogP contribution is 2.29. The van der Waals surface area contributed by atoms with Gasteiger partial charge in [0.15, 0.2) is 11.7 Å². The fraction of sp³-hybridized carbons (Fsp3) is 0.429. The molecule has 1 fully saturated rings. The minimum Gasteiger partial charge on any atom is -0.464 e. The summed E-state index contributed by atoms with van der Waals surface area (Å²) in [7, 11) is 0. The number of halogens is 1. The fourth-order valence-electron chi connectivity index (χ4n) is 4.45. The quantitative estimate of drug-likeness (QED) is 0.285. The first kappa shape index (κ1) is 25.4. The standard InChI is InChI=1S/C28H32FN5O2/c1-2-3-4-5-8-19-36-28(35)23(20-30)26-27(32-25-10-7-6-9-24(25)31-26)34-17-15-33(16-18-34)22-13-11-21(29)12-14-22/h6-7,9-14,23H,2-5,8,15-19H2,1H3/t23-/m0/s1. The lowest BCUT2D eigenvalue weighted by molar-refractivity contribution is -0.144. The number of benzene rings is 2. The molecule has 1 aliphatic heterocycles. The summed E-state index contributed by atoms with van der Waals surface area (Å²) in [6, 6.07) is 16.0. The Balaban J connectivity index is 1.52. The maximum Gasteiger partial charge on any atom is 0.329 e. The summed E-state index contributed by atoms with van der Waals surface area (Å²) in [4.78, 5) is 26.7. The van der Waals surface area contributed by atoms with E-state index in [9.17, 15) is 14.4 Å². The second kappa shape index (κ2) is 12.3. The van der Waals surface area contributed by atoms with Gasteiger partial charge in [-0.3, -0.25) is 4.79 Å². The summed E-state index contributed by atoms with van der Waals surface area (Å²) in [5, 5.41) is 9.95. The van der Waals surface area contributed by atoms with Gasteiger partial charge in [0.25, 0.3) is 0 Å². The third-order valence-corrected chi connectivity index (χ3v) is 6.48. The Labute approximate surface area is 211 Å². The van der Waals surface area contributed by atoms with Gasteiger partial charge >= 0.3 is 5.97 Å². The Kier molecular flexibility index (Phi) is 8.66. The number of nitriles is 1. The van der Waals surface area contributed by atoms with Crippen molar-refractivity contribution < 1.29 is 13.9 Å². The highest BCUT2D eigenvalue weighted by molar-refractivity contribution is 5.85. The molecule has 1 aliphatic rings. The lowest BCUT2D eigenvalue weighted by Gasteiger charge is -2.37. The molecule has 0 spiro atoms. The monoisotopic (exact) mass is 489 g/mol. The molecule has 0 aliphatic carbocycles. The largest absolute Gasteiger partial charge is 0.464 e. The van der Waals surface area contributed by atoms with Gasteiger partial charge in [-0.25, -0.2) is 14.4 Å². The van der Waals surface area contributed by atoms with Gasteiger partial charge in [-0.1, -0.05) is 44.7 Å².